The van der Waals surface area contributed by atoms with Crippen LogP contribution in [0.15, 0.2) is 12.2 Å². The van der Waals surface area contributed by atoms with Gasteiger partial charge in [-0.3, -0.25) is 0 Å². The Kier molecular flexibility index (Phi) is 2.96. The topological polar surface area (TPSA) is 57.7 Å². The summed E-state index contributed by atoms with van der Waals surface area (Å²) in [5, 5.41) is 0. The van der Waals surface area contributed by atoms with Gasteiger partial charge in [-0.15, -0.1) is 0 Å². The Morgan fingerprint density at radius 3 is 2.45 bits per heavy atom. The monoisotopic (exact) mass is 283 g/mol. The zero-order valence-corrected chi connectivity index (χ0v) is 12.0. The Morgan fingerprint density at radius 2 is 1.95 bits per heavy atom. The third-order valence-electron chi connectivity index (χ3n) is 3.62. The summed E-state index contributed by atoms with van der Waals surface area (Å²) in [6, 6.07) is -0.501. The number of nitrogens with zero attached hydrogens (tertiary/aromatic N) is 1. The molecule has 0 N–H and O–H groups in total. The first kappa shape index (κ1) is 12.3. The highest BCUT2D eigenvalue weighted by Gasteiger charge is 2.52. The fraction of sp³-hybridized carbons (Fsp3) is 0.538. The first-order valence-corrected chi connectivity index (χ1v) is 6.12. The second-order valence-corrected chi connectivity index (χ2v) is 5.50. The lowest BCUT2D eigenvalue weighted by Crippen LogP contribution is -2.41. The quantitative estimate of drug-likeness (QED) is 0.605. The summed E-state index contributed by atoms with van der Waals surface area (Å²) < 4.78 is 45.7. The molecule has 0 aromatic carbocycles. The highest BCUT2D eigenvalue weighted by molar-refractivity contribution is 6.62. The molecular formula is C13H17BFNO4. The number of hydrogen-bond acceptors (Lipinski definition) is 5. The molecule has 1 saturated heterocycles. The van der Waals surface area contributed by atoms with E-state index < -0.39 is 48.0 Å². The van der Waals surface area contributed by atoms with E-state index in [1.165, 1.54) is 0 Å². The Bertz CT molecular complexity index is 623. The van der Waals surface area contributed by atoms with Gasteiger partial charge in [-0.25, -0.2) is 14.2 Å². The highest BCUT2D eigenvalue weighted by Crippen LogP contribution is 2.36. The molecule has 7 heteroatoms. The van der Waals surface area contributed by atoms with Crippen LogP contribution in [0.3, 0.4) is 0 Å². The first-order valence-electron chi connectivity index (χ1n) is 7.12. The van der Waals surface area contributed by atoms with Crippen molar-refractivity contribution in [2.24, 2.45) is 0 Å². The maximum absolute atomic E-state index is 14.3. The van der Waals surface area contributed by atoms with E-state index in [1.54, 1.807) is 27.7 Å². The van der Waals surface area contributed by atoms with Gasteiger partial charge in [0.1, 0.15) is 11.5 Å². The van der Waals surface area contributed by atoms with Gasteiger partial charge in [0.2, 0.25) is 0 Å². The van der Waals surface area contributed by atoms with E-state index in [2.05, 4.69) is 9.72 Å². The summed E-state index contributed by atoms with van der Waals surface area (Å²) in [6.07, 6.45) is -0.763. The van der Waals surface area contributed by atoms with E-state index in [9.17, 15) is 9.18 Å². The Morgan fingerprint density at radius 1 is 1.40 bits per heavy atom. The van der Waals surface area contributed by atoms with Crippen molar-refractivity contribution < 1.29 is 26.0 Å². The molecule has 0 unspecified atom stereocenters. The first-order chi connectivity index (χ1) is 10.0. The van der Waals surface area contributed by atoms with Crippen LogP contribution in [-0.4, -0.2) is 36.4 Å². The van der Waals surface area contributed by atoms with Crippen molar-refractivity contribution in [1.82, 2.24) is 4.98 Å². The highest BCUT2D eigenvalue weighted by atomic mass is 19.1. The van der Waals surface area contributed by atoms with Crippen molar-refractivity contribution in [3.05, 3.63) is 23.7 Å². The minimum absolute atomic E-state index is 0.320. The van der Waals surface area contributed by atoms with Gasteiger partial charge in [0.25, 0.3) is 0 Å². The largest absolute Gasteiger partial charge is 0.497 e. The predicted molar refractivity (Wildman–Crippen MR) is 71.3 cm³/mol. The Hall–Kier alpha value is -1.47. The number of carbonyl (C=O) groups excluding carboxylic acids is 1. The third kappa shape index (κ3) is 2.43. The van der Waals surface area contributed by atoms with Gasteiger partial charge in [-0.05, 0) is 33.7 Å². The zero-order valence-electron chi connectivity index (χ0n) is 14.0. The molecule has 20 heavy (non-hydrogen) atoms. The second kappa shape index (κ2) is 4.82. The number of ether oxygens (including phenoxy) is 1. The number of halogens is 1. The number of aromatic nitrogens is 1. The molecule has 1 aromatic heterocycles. The van der Waals surface area contributed by atoms with Crippen LogP contribution in [-0.2, 0) is 14.0 Å². The average Bonchev–Trinajstić information content (AvgIpc) is 2.62. The lowest BCUT2D eigenvalue weighted by atomic mass is 9.79. The molecule has 5 nitrogen and oxygen atoms in total. The number of methoxy groups -OCH3 is 1. The molecule has 1 fully saturated rings. The number of rotatable bonds is 2. The molecule has 0 bridgehead atoms. The van der Waals surface area contributed by atoms with Crippen molar-refractivity contribution in [1.29, 1.82) is 0 Å². The van der Waals surface area contributed by atoms with Gasteiger partial charge in [-0.2, -0.15) is 0 Å². The fourth-order valence-corrected chi connectivity index (χ4v) is 1.69. The van der Waals surface area contributed by atoms with E-state index in [4.69, 9.17) is 12.1 Å². The minimum atomic E-state index is -1.20. The molecule has 108 valence electrons. The Balaban J connectivity index is 2.57. The normalized spacial score (nSPS) is 21.4. The van der Waals surface area contributed by atoms with Crippen LogP contribution in [0.2, 0.25) is 0 Å². The minimum Gasteiger partial charge on any atom is -0.464 e. The summed E-state index contributed by atoms with van der Waals surface area (Å²) in [4.78, 5) is 15.1. The average molecular weight is 283 g/mol. The van der Waals surface area contributed by atoms with Gasteiger partial charge in [0.05, 0.1) is 27.2 Å². The molecule has 0 radical (unpaired) electrons. The van der Waals surface area contributed by atoms with Crippen LogP contribution in [0.1, 0.15) is 40.9 Å². The maximum atomic E-state index is 14.3. The number of carbonyl (C=O) groups is 1. The summed E-state index contributed by atoms with van der Waals surface area (Å²) in [5.74, 6) is -1.97. The van der Waals surface area contributed by atoms with Crippen LogP contribution in [0.5, 0.6) is 0 Å². The van der Waals surface area contributed by atoms with E-state index in [-0.39, 0.29) is 5.46 Å². The van der Waals surface area contributed by atoms with Crippen molar-refractivity contribution in [3.8, 4) is 0 Å². The van der Waals surface area contributed by atoms with Crippen molar-refractivity contribution in [3.63, 3.8) is 0 Å². The van der Waals surface area contributed by atoms with Crippen LogP contribution < -0.4 is 5.46 Å². The molecule has 1 aliphatic heterocycles. The predicted octanol–water partition coefficient (Wildman–Crippen LogP) is 1.31. The molecule has 2 rings (SSSR count). The van der Waals surface area contributed by atoms with E-state index in [0.717, 1.165) is 7.11 Å². The summed E-state index contributed by atoms with van der Waals surface area (Å²) in [6.45, 7) is 7.11. The van der Waals surface area contributed by atoms with Gasteiger partial charge in [0.15, 0.2) is 0 Å². The van der Waals surface area contributed by atoms with Crippen LogP contribution in [0, 0.1) is 5.82 Å². The second-order valence-electron chi connectivity index (χ2n) is 5.50. The lowest BCUT2D eigenvalue weighted by Gasteiger charge is -2.32. The van der Waals surface area contributed by atoms with E-state index >= 15 is 0 Å². The fourth-order valence-electron chi connectivity index (χ4n) is 1.69. The summed E-state index contributed by atoms with van der Waals surface area (Å²) in [5.41, 5.74) is -2.25. The number of esters is 1. The summed E-state index contributed by atoms with van der Waals surface area (Å²) >= 11 is 0. The molecule has 0 aliphatic carbocycles. The lowest BCUT2D eigenvalue weighted by molar-refractivity contribution is 0.00578. The molecule has 0 saturated carbocycles. The SMILES string of the molecule is [2H]c1nc(C(=O)OC)c([2H])c(B2OC(C)(C)C(C)(C)O2)c1F. The van der Waals surface area contributed by atoms with E-state index in [0.29, 0.717) is 0 Å². The molecular weight excluding hydrogens is 264 g/mol. The van der Waals surface area contributed by atoms with Crippen LogP contribution in [0.25, 0.3) is 0 Å². The Labute approximate surface area is 120 Å². The van der Waals surface area contributed by atoms with Gasteiger partial charge in [0, 0.05) is 5.46 Å². The molecule has 1 aromatic rings. The van der Waals surface area contributed by atoms with Crippen LogP contribution >= 0.6 is 0 Å². The van der Waals surface area contributed by atoms with Gasteiger partial charge < -0.3 is 14.0 Å². The molecule has 2 heterocycles. The molecule has 1 aliphatic rings. The smallest absolute Gasteiger partial charge is 0.464 e. The van der Waals surface area contributed by atoms with Crippen molar-refractivity contribution in [2.75, 3.05) is 7.11 Å². The number of hydrogen-bond donors (Lipinski definition) is 0. The molecule has 0 amide bonds. The third-order valence-corrected chi connectivity index (χ3v) is 3.62. The number of pyridine rings is 1. The zero-order chi connectivity index (χ0) is 16.9. The van der Waals surface area contributed by atoms with Gasteiger partial charge in [-0.1, -0.05) is 0 Å². The molecule has 0 atom stereocenters. The van der Waals surface area contributed by atoms with Crippen molar-refractivity contribution >= 4 is 18.6 Å². The van der Waals surface area contributed by atoms with Crippen LogP contribution in [0.4, 0.5) is 4.39 Å². The van der Waals surface area contributed by atoms with Crippen molar-refractivity contribution in [2.45, 2.75) is 38.9 Å². The molecule has 0 spiro atoms. The van der Waals surface area contributed by atoms with Gasteiger partial charge >= 0.3 is 13.1 Å². The maximum Gasteiger partial charge on any atom is 0.497 e. The summed E-state index contributed by atoms with van der Waals surface area (Å²) in [7, 11) is -0.0850. The van der Waals surface area contributed by atoms with E-state index in [1.807, 2.05) is 0 Å². The standard InChI is InChI=1S/C13H17BFNO4/c1-12(2)13(3,4)20-14(19-12)8-6-10(11(17)18-5)16-7-9(8)15/h6-7H,1-5H3/i6D,7D.